The number of sulfonamides is 1. The van der Waals surface area contributed by atoms with E-state index in [0.29, 0.717) is 24.9 Å². The lowest BCUT2D eigenvalue weighted by atomic mass is 10.3. The Morgan fingerprint density at radius 3 is 2.65 bits per heavy atom. The molecule has 2 rings (SSSR count). The number of hydrogen-bond donors (Lipinski definition) is 2. The first-order chi connectivity index (χ1) is 9.63. The van der Waals surface area contributed by atoms with Crippen LogP contribution in [0, 0.1) is 0 Å². The monoisotopic (exact) mass is 298 g/mol. The Morgan fingerprint density at radius 2 is 1.95 bits per heavy atom. The molecule has 1 aliphatic carbocycles. The third kappa shape index (κ3) is 3.94. The molecule has 0 spiro atoms. The van der Waals surface area contributed by atoms with Crippen LogP contribution in [0.15, 0.2) is 29.2 Å². The second-order valence-corrected chi connectivity index (χ2v) is 6.66. The highest BCUT2D eigenvalue weighted by Crippen LogP contribution is 2.21. The maximum Gasteiger partial charge on any atom is 0.242 e. The van der Waals surface area contributed by atoms with E-state index in [2.05, 4.69) is 10.0 Å². The topological polar surface area (TPSA) is 67.4 Å². The van der Waals surface area contributed by atoms with E-state index in [1.54, 1.807) is 31.3 Å². The second kappa shape index (κ2) is 7.06. The van der Waals surface area contributed by atoms with Crippen molar-refractivity contribution in [3.8, 4) is 0 Å². The predicted octanol–water partition coefficient (Wildman–Crippen LogP) is 1.97. The van der Waals surface area contributed by atoms with Gasteiger partial charge in [-0.15, -0.1) is 0 Å². The van der Waals surface area contributed by atoms with Crippen molar-refractivity contribution in [1.82, 2.24) is 4.72 Å². The van der Waals surface area contributed by atoms with Crippen LogP contribution in [0.3, 0.4) is 0 Å². The van der Waals surface area contributed by atoms with Crippen LogP contribution < -0.4 is 10.0 Å². The average molecular weight is 298 g/mol. The molecule has 0 amide bonds. The first-order valence-corrected chi connectivity index (χ1v) is 8.50. The fourth-order valence-electron chi connectivity index (χ4n) is 2.44. The van der Waals surface area contributed by atoms with Crippen molar-refractivity contribution >= 4 is 15.7 Å². The highest BCUT2D eigenvalue weighted by molar-refractivity contribution is 7.89. The van der Waals surface area contributed by atoms with Crippen LogP contribution >= 0.6 is 0 Å². The summed E-state index contributed by atoms with van der Waals surface area (Å²) in [7, 11) is -1.79. The van der Waals surface area contributed by atoms with Crippen molar-refractivity contribution in [2.75, 3.05) is 25.5 Å². The van der Waals surface area contributed by atoms with Gasteiger partial charge in [-0.3, -0.25) is 0 Å². The molecular weight excluding hydrogens is 276 g/mol. The van der Waals surface area contributed by atoms with Gasteiger partial charge in [0.2, 0.25) is 10.0 Å². The lowest BCUT2D eigenvalue weighted by Crippen LogP contribution is -2.29. The summed E-state index contributed by atoms with van der Waals surface area (Å²) < 4.78 is 32.6. The summed E-state index contributed by atoms with van der Waals surface area (Å²) in [6.45, 7) is 0.725. The van der Waals surface area contributed by atoms with Crippen LogP contribution in [0.4, 0.5) is 5.69 Å². The van der Waals surface area contributed by atoms with Gasteiger partial charge in [0.1, 0.15) is 4.90 Å². The van der Waals surface area contributed by atoms with Crippen LogP contribution in [-0.4, -0.2) is 34.7 Å². The van der Waals surface area contributed by atoms with Gasteiger partial charge < -0.3 is 10.1 Å². The third-order valence-electron chi connectivity index (χ3n) is 3.50. The zero-order valence-electron chi connectivity index (χ0n) is 11.8. The molecule has 0 aromatic heterocycles. The van der Waals surface area contributed by atoms with E-state index in [-0.39, 0.29) is 4.90 Å². The van der Waals surface area contributed by atoms with Crippen LogP contribution in [0.5, 0.6) is 0 Å². The molecule has 1 aromatic rings. The molecule has 0 saturated heterocycles. The first kappa shape index (κ1) is 15.3. The molecule has 112 valence electrons. The molecule has 0 heterocycles. The van der Waals surface area contributed by atoms with Crippen molar-refractivity contribution in [1.29, 1.82) is 0 Å². The number of ether oxygens (including phenoxy) is 1. The minimum absolute atomic E-state index is 0.267. The molecule has 1 aromatic carbocycles. The Morgan fingerprint density at radius 1 is 1.25 bits per heavy atom. The molecule has 20 heavy (non-hydrogen) atoms. The van der Waals surface area contributed by atoms with Gasteiger partial charge in [-0.05, 0) is 25.0 Å². The number of benzene rings is 1. The van der Waals surface area contributed by atoms with E-state index >= 15 is 0 Å². The van der Waals surface area contributed by atoms with Gasteiger partial charge in [0.25, 0.3) is 0 Å². The summed E-state index contributed by atoms with van der Waals surface area (Å²) in [5.74, 6) is 0. The second-order valence-electron chi connectivity index (χ2n) is 4.92. The minimum atomic E-state index is -3.49. The maximum absolute atomic E-state index is 12.2. The maximum atomic E-state index is 12.2. The van der Waals surface area contributed by atoms with Crippen molar-refractivity contribution in [2.24, 2.45) is 0 Å². The van der Waals surface area contributed by atoms with Gasteiger partial charge in [0.05, 0.1) is 18.4 Å². The van der Waals surface area contributed by atoms with Crippen molar-refractivity contribution in [2.45, 2.75) is 36.7 Å². The molecule has 6 heteroatoms. The zero-order chi connectivity index (χ0) is 14.4. The molecule has 1 aliphatic rings. The van der Waals surface area contributed by atoms with Gasteiger partial charge in [0.15, 0.2) is 0 Å². The van der Waals surface area contributed by atoms with Crippen LogP contribution in [-0.2, 0) is 14.8 Å². The third-order valence-corrected chi connectivity index (χ3v) is 5.02. The fraction of sp³-hybridized carbons (Fsp3) is 0.571. The summed E-state index contributed by atoms with van der Waals surface area (Å²) in [6, 6.07) is 6.84. The minimum Gasteiger partial charge on any atom is -0.387 e. The van der Waals surface area contributed by atoms with E-state index in [9.17, 15) is 8.42 Å². The number of hydrogen-bond acceptors (Lipinski definition) is 4. The molecule has 2 N–H and O–H groups in total. The Kier molecular flexibility index (Phi) is 5.39. The van der Waals surface area contributed by atoms with Gasteiger partial charge in [-0.25, -0.2) is 13.1 Å². The molecular formula is C14H22N2O3S. The first-order valence-electron chi connectivity index (χ1n) is 7.01. The molecule has 0 unspecified atom stereocenters. The largest absolute Gasteiger partial charge is 0.387 e. The molecule has 5 nitrogen and oxygen atoms in total. The molecule has 0 radical (unpaired) electrons. The summed E-state index contributed by atoms with van der Waals surface area (Å²) in [5.41, 5.74) is 0.594. The number of rotatable bonds is 7. The summed E-state index contributed by atoms with van der Waals surface area (Å²) in [6.07, 6.45) is 4.92. The Hall–Kier alpha value is -1.11. The van der Waals surface area contributed by atoms with Crippen LogP contribution in [0.25, 0.3) is 0 Å². The number of para-hydroxylation sites is 1. The fourth-order valence-corrected chi connectivity index (χ4v) is 3.67. The molecule has 0 atom stereocenters. The van der Waals surface area contributed by atoms with Gasteiger partial charge in [-0.2, -0.15) is 0 Å². The van der Waals surface area contributed by atoms with E-state index in [1.165, 1.54) is 12.8 Å². The van der Waals surface area contributed by atoms with Crippen molar-refractivity contribution < 1.29 is 13.2 Å². The summed E-state index contributed by atoms with van der Waals surface area (Å²) in [5, 5.41) is 2.89. The highest BCUT2D eigenvalue weighted by atomic mass is 32.2. The zero-order valence-corrected chi connectivity index (χ0v) is 12.6. The summed E-state index contributed by atoms with van der Waals surface area (Å²) >= 11 is 0. The summed E-state index contributed by atoms with van der Waals surface area (Å²) in [4.78, 5) is 0.267. The average Bonchev–Trinajstić information content (AvgIpc) is 2.97. The quantitative estimate of drug-likeness (QED) is 0.755. The van der Waals surface area contributed by atoms with Gasteiger partial charge in [0, 0.05) is 13.6 Å². The molecule has 1 fully saturated rings. The van der Waals surface area contributed by atoms with E-state index in [4.69, 9.17) is 4.74 Å². The number of anilines is 1. The van der Waals surface area contributed by atoms with E-state index < -0.39 is 10.0 Å². The smallest absolute Gasteiger partial charge is 0.242 e. The molecule has 1 saturated carbocycles. The van der Waals surface area contributed by atoms with Crippen LogP contribution in [0.2, 0.25) is 0 Å². The highest BCUT2D eigenvalue weighted by Gasteiger charge is 2.18. The predicted molar refractivity (Wildman–Crippen MR) is 79.4 cm³/mol. The van der Waals surface area contributed by atoms with E-state index in [0.717, 1.165) is 12.8 Å². The van der Waals surface area contributed by atoms with Crippen molar-refractivity contribution in [3.05, 3.63) is 24.3 Å². The van der Waals surface area contributed by atoms with Gasteiger partial charge >= 0.3 is 0 Å². The lowest BCUT2D eigenvalue weighted by molar-refractivity contribution is 0.0626. The standard InChI is InChI=1S/C14H22N2O3S/c1-15-13-8-4-5-9-14(13)20(17,18)16-10-11-19-12-6-2-3-7-12/h4-5,8-9,12,15-16H,2-3,6-7,10-11H2,1H3. The Bertz CT molecular complexity index is 525. The molecule has 0 aliphatic heterocycles. The normalized spacial score (nSPS) is 16.4. The number of nitrogens with one attached hydrogen (secondary N) is 2. The molecule has 0 bridgehead atoms. The Balaban J connectivity index is 1.87. The van der Waals surface area contributed by atoms with Crippen molar-refractivity contribution in [3.63, 3.8) is 0 Å². The van der Waals surface area contributed by atoms with Crippen LogP contribution in [0.1, 0.15) is 25.7 Å². The SMILES string of the molecule is CNc1ccccc1S(=O)(=O)NCCOC1CCCC1. The van der Waals surface area contributed by atoms with Gasteiger partial charge in [-0.1, -0.05) is 25.0 Å². The van der Waals surface area contributed by atoms with E-state index in [1.807, 2.05) is 0 Å². The Labute approximate surface area is 120 Å². The lowest BCUT2D eigenvalue weighted by Gasteiger charge is -2.13.